The third-order valence-corrected chi connectivity index (χ3v) is 5.18. The van der Waals surface area contributed by atoms with E-state index in [0.717, 1.165) is 25.7 Å². The third kappa shape index (κ3) is 2.32. The number of para-hydroxylation sites is 1. The van der Waals surface area contributed by atoms with Gasteiger partial charge in [-0.3, -0.25) is 9.69 Å². The van der Waals surface area contributed by atoms with E-state index >= 15 is 0 Å². The Morgan fingerprint density at radius 1 is 1.21 bits per heavy atom. The number of benzene rings is 1. The molecule has 0 radical (unpaired) electrons. The van der Waals surface area contributed by atoms with Crippen molar-refractivity contribution in [2.24, 2.45) is 11.8 Å². The average molecular weight is 325 g/mol. The number of rotatable bonds is 6. The Balaban J connectivity index is 1.43. The zero-order valence-corrected chi connectivity index (χ0v) is 13.3. The normalized spacial score (nSPS) is 22.2. The first-order valence-corrected chi connectivity index (χ1v) is 8.43. The molecule has 2 saturated carbocycles. The lowest BCUT2D eigenvalue weighted by Gasteiger charge is -2.26. The molecular formula is C18H19N3O3. The standard InChI is InChI=1S/C18H19N3O3/c19-11-12-3-1-2-4-15(12)24-10-9-21-16(22)18(13-5-6-13,14-7-8-14)20-17(21)23/h1-4,13-14H,5-10H2,(H,20,23). The van der Waals surface area contributed by atoms with Gasteiger partial charge >= 0.3 is 6.03 Å². The van der Waals surface area contributed by atoms with Crippen molar-refractivity contribution in [1.82, 2.24) is 10.2 Å². The number of imide groups is 1. The SMILES string of the molecule is N#Cc1ccccc1OCCN1C(=O)NC(C2CC2)(C2CC2)C1=O. The minimum Gasteiger partial charge on any atom is -0.490 e. The van der Waals surface area contributed by atoms with Gasteiger partial charge in [0.05, 0.1) is 12.1 Å². The molecule has 0 aromatic heterocycles. The fraction of sp³-hybridized carbons (Fsp3) is 0.500. The van der Waals surface area contributed by atoms with E-state index < -0.39 is 5.54 Å². The minimum atomic E-state index is -0.651. The summed E-state index contributed by atoms with van der Waals surface area (Å²) in [6.45, 7) is 0.384. The Bertz CT molecular complexity index is 719. The first-order valence-electron chi connectivity index (χ1n) is 8.43. The molecule has 1 saturated heterocycles. The van der Waals surface area contributed by atoms with Crippen LogP contribution in [0.4, 0.5) is 4.79 Å². The Morgan fingerprint density at radius 2 is 1.88 bits per heavy atom. The first-order chi connectivity index (χ1) is 11.7. The Morgan fingerprint density at radius 3 is 2.50 bits per heavy atom. The highest BCUT2D eigenvalue weighted by molar-refractivity contribution is 6.08. The van der Waals surface area contributed by atoms with Crippen LogP contribution in [-0.4, -0.2) is 35.5 Å². The van der Waals surface area contributed by atoms with Crippen LogP contribution in [0, 0.1) is 23.2 Å². The number of hydrogen-bond donors (Lipinski definition) is 1. The number of carbonyl (C=O) groups excluding carboxylic acids is 2. The Hall–Kier alpha value is -2.55. The van der Waals surface area contributed by atoms with Crippen molar-refractivity contribution in [3.8, 4) is 11.8 Å². The number of ether oxygens (including phenoxy) is 1. The fourth-order valence-electron chi connectivity index (χ4n) is 3.71. The molecule has 1 aliphatic heterocycles. The van der Waals surface area contributed by atoms with Gasteiger partial charge in [0.1, 0.15) is 24.0 Å². The molecule has 124 valence electrons. The lowest BCUT2D eigenvalue weighted by atomic mass is 9.87. The highest BCUT2D eigenvalue weighted by Crippen LogP contribution is 2.54. The first kappa shape index (κ1) is 15.0. The highest BCUT2D eigenvalue weighted by atomic mass is 16.5. The van der Waals surface area contributed by atoms with Crippen LogP contribution in [0.15, 0.2) is 24.3 Å². The number of nitriles is 1. The van der Waals surface area contributed by atoms with Crippen molar-refractivity contribution in [2.45, 2.75) is 31.2 Å². The van der Waals surface area contributed by atoms with E-state index in [4.69, 9.17) is 10.00 Å². The van der Waals surface area contributed by atoms with Crippen molar-refractivity contribution in [3.63, 3.8) is 0 Å². The molecule has 2 aliphatic carbocycles. The number of urea groups is 1. The maximum absolute atomic E-state index is 12.9. The second-order valence-corrected chi connectivity index (χ2v) is 6.76. The Kier molecular flexibility index (Phi) is 3.45. The molecule has 1 heterocycles. The fourth-order valence-corrected chi connectivity index (χ4v) is 3.71. The molecule has 0 spiro atoms. The molecule has 1 aromatic rings. The van der Waals surface area contributed by atoms with Gasteiger partial charge in [-0.1, -0.05) is 12.1 Å². The van der Waals surface area contributed by atoms with Gasteiger partial charge in [0.2, 0.25) is 0 Å². The lowest BCUT2D eigenvalue weighted by molar-refractivity contribution is -0.133. The zero-order valence-electron chi connectivity index (χ0n) is 13.3. The summed E-state index contributed by atoms with van der Waals surface area (Å²) in [4.78, 5) is 26.5. The number of amides is 3. The molecule has 0 unspecified atom stereocenters. The van der Waals surface area contributed by atoms with Crippen molar-refractivity contribution < 1.29 is 14.3 Å². The molecule has 3 fully saturated rings. The molecule has 0 bridgehead atoms. The second-order valence-electron chi connectivity index (χ2n) is 6.76. The van der Waals surface area contributed by atoms with Crippen LogP contribution < -0.4 is 10.1 Å². The van der Waals surface area contributed by atoms with Gasteiger partial charge in [-0.25, -0.2) is 4.79 Å². The highest BCUT2D eigenvalue weighted by Gasteiger charge is 2.65. The summed E-state index contributed by atoms with van der Waals surface area (Å²) >= 11 is 0. The molecule has 0 atom stereocenters. The molecule has 3 amide bonds. The smallest absolute Gasteiger partial charge is 0.325 e. The summed E-state index contributed by atoms with van der Waals surface area (Å²) < 4.78 is 5.61. The van der Waals surface area contributed by atoms with Crippen LogP contribution >= 0.6 is 0 Å². The quantitative estimate of drug-likeness (QED) is 0.812. The van der Waals surface area contributed by atoms with E-state index in [1.807, 2.05) is 0 Å². The summed E-state index contributed by atoms with van der Waals surface area (Å²) in [6.07, 6.45) is 4.07. The topological polar surface area (TPSA) is 82.4 Å². The average Bonchev–Trinajstić information content (AvgIpc) is 3.48. The van der Waals surface area contributed by atoms with E-state index in [1.165, 1.54) is 4.90 Å². The van der Waals surface area contributed by atoms with Gasteiger partial charge in [-0.05, 0) is 49.7 Å². The molecule has 6 nitrogen and oxygen atoms in total. The predicted molar refractivity (Wildman–Crippen MR) is 85.1 cm³/mol. The van der Waals surface area contributed by atoms with Crippen LogP contribution in [0.25, 0.3) is 0 Å². The molecular weight excluding hydrogens is 306 g/mol. The molecule has 4 rings (SSSR count). The largest absolute Gasteiger partial charge is 0.490 e. The molecule has 1 aromatic carbocycles. The van der Waals surface area contributed by atoms with Crippen LogP contribution in [-0.2, 0) is 4.79 Å². The zero-order chi connectivity index (χ0) is 16.7. The molecule has 6 heteroatoms. The third-order valence-electron chi connectivity index (χ3n) is 5.18. The summed E-state index contributed by atoms with van der Waals surface area (Å²) in [5.41, 5.74) is -0.207. The van der Waals surface area contributed by atoms with Crippen molar-refractivity contribution >= 4 is 11.9 Å². The van der Waals surface area contributed by atoms with E-state index in [1.54, 1.807) is 24.3 Å². The number of carbonyl (C=O) groups is 2. The van der Waals surface area contributed by atoms with Gasteiger partial charge in [-0.2, -0.15) is 5.26 Å². The number of hydrogen-bond acceptors (Lipinski definition) is 4. The van der Waals surface area contributed by atoms with E-state index in [2.05, 4.69) is 11.4 Å². The van der Waals surface area contributed by atoms with Crippen LogP contribution in [0.2, 0.25) is 0 Å². The van der Waals surface area contributed by atoms with Gasteiger partial charge in [0.15, 0.2) is 0 Å². The molecule has 1 N–H and O–H groups in total. The van der Waals surface area contributed by atoms with Gasteiger partial charge in [0.25, 0.3) is 5.91 Å². The second kappa shape index (κ2) is 5.52. The predicted octanol–water partition coefficient (Wildman–Crippen LogP) is 2.05. The van der Waals surface area contributed by atoms with Crippen LogP contribution in [0.3, 0.4) is 0 Å². The van der Waals surface area contributed by atoms with E-state index in [9.17, 15) is 9.59 Å². The van der Waals surface area contributed by atoms with Crippen molar-refractivity contribution in [3.05, 3.63) is 29.8 Å². The van der Waals surface area contributed by atoms with E-state index in [0.29, 0.717) is 23.1 Å². The summed E-state index contributed by atoms with van der Waals surface area (Å²) in [5.74, 6) is 0.982. The maximum atomic E-state index is 12.9. The van der Waals surface area contributed by atoms with E-state index in [-0.39, 0.29) is 25.1 Å². The summed E-state index contributed by atoms with van der Waals surface area (Å²) in [5, 5.41) is 12.1. The van der Waals surface area contributed by atoms with Crippen LogP contribution in [0.5, 0.6) is 5.75 Å². The van der Waals surface area contributed by atoms with Gasteiger partial charge in [-0.15, -0.1) is 0 Å². The van der Waals surface area contributed by atoms with Gasteiger partial charge < -0.3 is 10.1 Å². The monoisotopic (exact) mass is 325 g/mol. The molecule has 24 heavy (non-hydrogen) atoms. The maximum Gasteiger partial charge on any atom is 0.325 e. The van der Waals surface area contributed by atoms with Crippen molar-refractivity contribution in [2.75, 3.05) is 13.2 Å². The number of nitrogens with one attached hydrogen (secondary N) is 1. The Labute approximate surface area is 140 Å². The molecule has 3 aliphatic rings. The summed E-state index contributed by atoms with van der Waals surface area (Å²) in [6, 6.07) is 8.70. The number of nitrogens with zero attached hydrogens (tertiary/aromatic N) is 2. The lowest BCUT2D eigenvalue weighted by Crippen LogP contribution is -2.51. The van der Waals surface area contributed by atoms with Crippen molar-refractivity contribution in [1.29, 1.82) is 5.26 Å². The summed E-state index contributed by atoms with van der Waals surface area (Å²) in [7, 11) is 0. The van der Waals surface area contributed by atoms with Crippen LogP contribution in [0.1, 0.15) is 31.2 Å². The van der Waals surface area contributed by atoms with Gasteiger partial charge in [0, 0.05) is 0 Å². The minimum absolute atomic E-state index is 0.0883.